The van der Waals surface area contributed by atoms with Crippen molar-refractivity contribution in [2.24, 2.45) is 0 Å². The van der Waals surface area contributed by atoms with Crippen molar-refractivity contribution in [2.75, 3.05) is 13.7 Å². The molecule has 0 fully saturated rings. The summed E-state index contributed by atoms with van der Waals surface area (Å²) in [6.45, 7) is 4.59. The van der Waals surface area contributed by atoms with Gasteiger partial charge in [-0.05, 0) is 6.42 Å². The third-order valence-corrected chi connectivity index (χ3v) is 1.97. The highest BCUT2D eigenvalue weighted by Gasteiger charge is 2.51. The standard InChI is InChI=1S/C11H16F2O4/c1-4-6-8(14)11(12,13)9(10(15)16-3)17-7-5-2/h5,9H,2,4,6-7H2,1,3H3. The summed E-state index contributed by atoms with van der Waals surface area (Å²) in [5, 5.41) is 0. The molecule has 0 saturated heterocycles. The summed E-state index contributed by atoms with van der Waals surface area (Å²) >= 11 is 0. The fraction of sp³-hybridized carbons (Fsp3) is 0.636. The van der Waals surface area contributed by atoms with E-state index in [0.717, 1.165) is 7.11 Å². The van der Waals surface area contributed by atoms with Gasteiger partial charge < -0.3 is 9.47 Å². The van der Waals surface area contributed by atoms with Gasteiger partial charge >= 0.3 is 11.9 Å². The Labute approximate surface area is 98.6 Å². The van der Waals surface area contributed by atoms with Gasteiger partial charge in [-0.25, -0.2) is 4.79 Å². The Kier molecular flexibility index (Phi) is 6.57. The van der Waals surface area contributed by atoms with Crippen LogP contribution < -0.4 is 0 Å². The average Bonchev–Trinajstić information content (AvgIpc) is 2.29. The van der Waals surface area contributed by atoms with Gasteiger partial charge in [0.15, 0.2) is 0 Å². The van der Waals surface area contributed by atoms with Crippen LogP contribution in [-0.4, -0.2) is 37.5 Å². The lowest BCUT2D eigenvalue weighted by atomic mass is 10.0. The van der Waals surface area contributed by atoms with Crippen LogP contribution in [0.5, 0.6) is 0 Å². The lowest BCUT2D eigenvalue weighted by Gasteiger charge is -2.23. The number of carbonyl (C=O) groups excluding carboxylic acids is 2. The van der Waals surface area contributed by atoms with E-state index in [1.165, 1.54) is 6.08 Å². The molecule has 0 aliphatic carbocycles. The molecule has 17 heavy (non-hydrogen) atoms. The van der Waals surface area contributed by atoms with Gasteiger partial charge in [-0.1, -0.05) is 13.0 Å². The van der Waals surface area contributed by atoms with Gasteiger partial charge in [0.05, 0.1) is 13.7 Å². The minimum absolute atomic E-state index is 0.268. The number of ether oxygens (including phenoxy) is 2. The number of methoxy groups -OCH3 is 1. The zero-order valence-corrected chi connectivity index (χ0v) is 9.87. The Balaban J connectivity index is 4.92. The Morgan fingerprint density at radius 2 is 2.06 bits per heavy atom. The first-order valence-corrected chi connectivity index (χ1v) is 5.13. The molecular formula is C11H16F2O4. The highest BCUT2D eigenvalue weighted by Crippen LogP contribution is 2.25. The van der Waals surface area contributed by atoms with Crippen LogP contribution >= 0.6 is 0 Å². The smallest absolute Gasteiger partial charge is 0.341 e. The van der Waals surface area contributed by atoms with Crippen LogP contribution in [0.25, 0.3) is 0 Å². The van der Waals surface area contributed by atoms with Gasteiger partial charge in [0.25, 0.3) is 0 Å². The van der Waals surface area contributed by atoms with E-state index in [1.54, 1.807) is 6.92 Å². The number of alkyl halides is 2. The lowest BCUT2D eigenvalue weighted by molar-refractivity contribution is -0.187. The molecule has 0 saturated carbocycles. The van der Waals surface area contributed by atoms with E-state index in [4.69, 9.17) is 0 Å². The molecule has 0 amide bonds. The first kappa shape index (κ1) is 15.7. The minimum Gasteiger partial charge on any atom is -0.467 e. The molecule has 4 nitrogen and oxygen atoms in total. The highest BCUT2D eigenvalue weighted by molar-refractivity contribution is 5.92. The number of carbonyl (C=O) groups is 2. The first-order chi connectivity index (χ1) is 7.91. The SMILES string of the molecule is C=CCOC(C(=O)OC)C(F)(F)C(=O)CCC. The molecule has 0 rings (SSSR count). The van der Waals surface area contributed by atoms with E-state index in [0.29, 0.717) is 0 Å². The van der Waals surface area contributed by atoms with Crippen LogP contribution in [0.15, 0.2) is 12.7 Å². The maximum Gasteiger partial charge on any atom is 0.341 e. The second kappa shape index (κ2) is 7.11. The fourth-order valence-corrected chi connectivity index (χ4v) is 1.13. The molecule has 6 heteroatoms. The number of hydrogen-bond donors (Lipinski definition) is 0. The quantitative estimate of drug-likeness (QED) is 0.486. The van der Waals surface area contributed by atoms with Crippen LogP contribution in [0.3, 0.4) is 0 Å². The van der Waals surface area contributed by atoms with Crippen molar-refractivity contribution in [2.45, 2.75) is 31.8 Å². The fourth-order valence-electron chi connectivity index (χ4n) is 1.13. The molecule has 0 heterocycles. The van der Waals surface area contributed by atoms with E-state index >= 15 is 0 Å². The normalized spacial score (nSPS) is 12.9. The van der Waals surface area contributed by atoms with Gasteiger partial charge in [-0.2, -0.15) is 8.78 Å². The molecular weight excluding hydrogens is 234 g/mol. The Morgan fingerprint density at radius 3 is 2.47 bits per heavy atom. The number of Topliss-reactive ketones (excluding diaryl/α,β-unsaturated/α-hetero) is 1. The van der Waals surface area contributed by atoms with Gasteiger partial charge in [0.2, 0.25) is 11.9 Å². The summed E-state index contributed by atoms with van der Waals surface area (Å²) < 4.78 is 36.0. The Morgan fingerprint density at radius 1 is 1.47 bits per heavy atom. The second-order valence-corrected chi connectivity index (χ2v) is 3.32. The summed E-state index contributed by atoms with van der Waals surface area (Å²) in [7, 11) is 0.951. The van der Waals surface area contributed by atoms with Crippen LogP contribution in [0.2, 0.25) is 0 Å². The maximum atomic E-state index is 13.6. The van der Waals surface area contributed by atoms with Crippen molar-refractivity contribution in [3.8, 4) is 0 Å². The van der Waals surface area contributed by atoms with Gasteiger partial charge in [0.1, 0.15) is 0 Å². The molecule has 0 radical (unpaired) electrons. The van der Waals surface area contributed by atoms with Crippen molar-refractivity contribution < 1.29 is 27.8 Å². The third-order valence-electron chi connectivity index (χ3n) is 1.97. The number of ketones is 1. The van der Waals surface area contributed by atoms with Crippen LogP contribution in [0.1, 0.15) is 19.8 Å². The molecule has 0 aromatic rings. The third kappa shape index (κ3) is 4.22. The van der Waals surface area contributed by atoms with E-state index in [2.05, 4.69) is 16.1 Å². The Hall–Kier alpha value is -1.30. The minimum atomic E-state index is -3.88. The molecule has 0 aromatic carbocycles. The highest BCUT2D eigenvalue weighted by atomic mass is 19.3. The average molecular weight is 250 g/mol. The zero-order chi connectivity index (χ0) is 13.5. The molecule has 0 aliphatic rings. The topological polar surface area (TPSA) is 52.6 Å². The molecule has 98 valence electrons. The zero-order valence-electron chi connectivity index (χ0n) is 9.87. The summed E-state index contributed by atoms with van der Waals surface area (Å²) in [6.07, 6.45) is -1.07. The predicted molar refractivity (Wildman–Crippen MR) is 56.8 cm³/mol. The summed E-state index contributed by atoms with van der Waals surface area (Å²) in [4.78, 5) is 22.4. The molecule has 1 atom stereocenters. The van der Waals surface area contributed by atoms with E-state index in [1.807, 2.05) is 0 Å². The van der Waals surface area contributed by atoms with Crippen LogP contribution in [0.4, 0.5) is 8.78 Å². The number of hydrogen-bond acceptors (Lipinski definition) is 4. The molecule has 0 bridgehead atoms. The largest absolute Gasteiger partial charge is 0.467 e. The summed E-state index contributed by atoms with van der Waals surface area (Å²) in [5.74, 6) is -6.49. The van der Waals surface area contributed by atoms with E-state index in [-0.39, 0.29) is 19.4 Å². The number of rotatable bonds is 8. The van der Waals surface area contributed by atoms with E-state index in [9.17, 15) is 18.4 Å². The monoisotopic (exact) mass is 250 g/mol. The second-order valence-electron chi connectivity index (χ2n) is 3.32. The van der Waals surface area contributed by atoms with Crippen molar-refractivity contribution >= 4 is 11.8 Å². The summed E-state index contributed by atoms with van der Waals surface area (Å²) in [5.41, 5.74) is 0. The first-order valence-electron chi connectivity index (χ1n) is 5.13. The molecule has 0 N–H and O–H groups in total. The maximum absolute atomic E-state index is 13.6. The van der Waals surface area contributed by atoms with Gasteiger partial charge in [-0.3, -0.25) is 4.79 Å². The van der Waals surface area contributed by atoms with Gasteiger partial charge in [0, 0.05) is 6.42 Å². The van der Waals surface area contributed by atoms with Crippen LogP contribution in [-0.2, 0) is 19.1 Å². The Bertz CT molecular complexity index is 289. The van der Waals surface area contributed by atoms with Crippen molar-refractivity contribution in [1.29, 1.82) is 0 Å². The van der Waals surface area contributed by atoms with Gasteiger partial charge in [-0.15, -0.1) is 6.58 Å². The van der Waals surface area contributed by atoms with E-state index < -0.39 is 23.8 Å². The van der Waals surface area contributed by atoms with Crippen molar-refractivity contribution in [1.82, 2.24) is 0 Å². The van der Waals surface area contributed by atoms with Crippen molar-refractivity contribution in [3.63, 3.8) is 0 Å². The molecule has 1 unspecified atom stereocenters. The summed E-state index contributed by atoms with van der Waals surface area (Å²) in [6, 6.07) is 0. The lowest BCUT2D eigenvalue weighted by Crippen LogP contribution is -2.48. The predicted octanol–water partition coefficient (Wildman–Crippen LogP) is 1.74. The van der Waals surface area contributed by atoms with Crippen LogP contribution in [0, 0.1) is 0 Å². The molecule has 0 aliphatic heterocycles. The number of esters is 1. The van der Waals surface area contributed by atoms with Crippen molar-refractivity contribution in [3.05, 3.63) is 12.7 Å². The number of halogens is 2. The molecule has 0 spiro atoms. The molecule has 0 aromatic heterocycles.